The fourth-order valence-electron chi connectivity index (χ4n) is 1.55. The molecule has 5 nitrogen and oxygen atoms in total. The van der Waals surface area contributed by atoms with Gasteiger partial charge in [-0.3, -0.25) is 0 Å². The van der Waals surface area contributed by atoms with E-state index in [1.54, 1.807) is 0 Å². The van der Waals surface area contributed by atoms with E-state index < -0.39 is 5.97 Å². The van der Waals surface area contributed by atoms with E-state index in [-0.39, 0.29) is 5.56 Å². The Bertz CT molecular complexity index is 402. The van der Waals surface area contributed by atoms with Crippen LogP contribution in [0.3, 0.4) is 0 Å². The number of aromatic carboxylic acids is 1. The molecule has 0 amide bonds. The summed E-state index contributed by atoms with van der Waals surface area (Å²) in [6, 6.07) is 1.43. The lowest BCUT2D eigenvalue weighted by Gasteiger charge is -2.08. The Kier molecular flexibility index (Phi) is 2.94. The van der Waals surface area contributed by atoms with Gasteiger partial charge >= 0.3 is 5.97 Å². The Labute approximate surface area is 93.7 Å². The monoisotopic (exact) mass is 221 g/mol. The van der Waals surface area contributed by atoms with Crippen LogP contribution in [0.4, 0.5) is 11.5 Å². The maximum absolute atomic E-state index is 10.7. The summed E-state index contributed by atoms with van der Waals surface area (Å²) in [7, 11) is 0. The molecule has 0 saturated heterocycles. The molecule has 1 heterocycles. The van der Waals surface area contributed by atoms with Gasteiger partial charge in [-0.05, 0) is 18.4 Å². The van der Waals surface area contributed by atoms with E-state index in [9.17, 15) is 4.79 Å². The predicted molar refractivity (Wildman–Crippen MR) is 61.4 cm³/mol. The van der Waals surface area contributed by atoms with Crippen molar-refractivity contribution in [2.75, 3.05) is 17.6 Å². The number of nitrogens with one attached hydrogen (secondary N) is 1. The number of pyridine rings is 1. The second kappa shape index (κ2) is 4.38. The van der Waals surface area contributed by atoms with E-state index in [2.05, 4.69) is 10.3 Å². The zero-order valence-corrected chi connectivity index (χ0v) is 8.94. The van der Waals surface area contributed by atoms with E-state index >= 15 is 0 Å². The van der Waals surface area contributed by atoms with Gasteiger partial charge < -0.3 is 16.2 Å². The highest BCUT2D eigenvalue weighted by atomic mass is 16.4. The number of hydrogen-bond acceptors (Lipinski definition) is 4. The quantitative estimate of drug-likeness (QED) is 0.702. The highest BCUT2D eigenvalue weighted by molar-refractivity contribution is 5.89. The molecule has 2 rings (SSSR count). The first kappa shape index (κ1) is 10.7. The SMILES string of the molecule is Nc1cc(C(=O)O)cnc1NCCC1CC1. The number of nitrogen functional groups attached to an aromatic ring is 1. The molecule has 0 bridgehead atoms. The number of anilines is 2. The minimum absolute atomic E-state index is 0.116. The molecule has 1 saturated carbocycles. The second-order valence-corrected chi connectivity index (χ2v) is 4.13. The van der Waals surface area contributed by atoms with Gasteiger partial charge in [0.25, 0.3) is 0 Å². The van der Waals surface area contributed by atoms with E-state index in [4.69, 9.17) is 10.8 Å². The molecule has 0 unspecified atom stereocenters. The van der Waals surface area contributed by atoms with Gasteiger partial charge in [-0.1, -0.05) is 12.8 Å². The van der Waals surface area contributed by atoms with Crippen molar-refractivity contribution in [1.29, 1.82) is 0 Å². The van der Waals surface area contributed by atoms with Crippen LogP contribution in [-0.2, 0) is 0 Å². The zero-order valence-electron chi connectivity index (χ0n) is 8.94. The first-order valence-electron chi connectivity index (χ1n) is 5.39. The topological polar surface area (TPSA) is 88.2 Å². The van der Waals surface area contributed by atoms with Crippen molar-refractivity contribution in [2.24, 2.45) is 5.92 Å². The van der Waals surface area contributed by atoms with Crippen LogP contribution in [0, 0.1) is 5.92 Å². The van der Waals surface area contributed by atoms with Gasteiger partial charge in [-0.25, -0.2) is 9.78 Å². The molecule has 0 radical (unpaired) electrons. The number of hydrogen-bond donors (Lipinski definition) is 3. The van der Waals surface area contributed by atoms with Crippen molar-refractivity contribution < 1.29 is 9.90 Å². The standard InChI is InChI=1S/C11H15N3O2/c12-9-5-8(11(15)16)6-14-10(9)13-4-3-7-1-2-7/h5-7H,1-4,12H2,(H,13,14)(H,15,16). The van der Waals surface area contributed by atoms with Crippen LogP contribution in [0.25, 0.3) is 0 Å². The number of carbonyl (C=O) groups is 1. The number of carboxylic acid groups (broad SMARTS) is 1. The molecule has 1 fully saturated rings. The molecule has 1 aliphatic carbocycles. The van der Waals surface area contributed by atoms with Crippen LogP contribution in [0.2, 0.25) is 0 Å². The van der Waals surface area contributed by atoms with Crippen molar-refractivity contribution in [3.63, 3.8) is 0 Å². The summed E-state index contributed by atoms with van der Waals surface area (Å²) >= 11 is 0. The average molecular weight is 221 g/mol. The fraction of sp³-hybridized carbons (Fsp3) is 0.455. The molecule has 1 aliphatic rings. The molecule has 1 aromatic heterocycles. The molecule has 0 aliphatic heterocycles. The number of rotatable bonds is 5. The zero-order chi connectivity index (χ0) is 11.5. The van der Waals surface area contributed by atoms with Crippen LogP contribution in [0.5, 0.6) is 0 Å². The van der Waals surface area contributed by atoms with Gasteiger partial charge in [0.2, 0.25) is 0 Å². The van der Waals surface area contributed by atoms with E-state index in [1.807, 2.05) is 0 Å². The Balaban J connectivity index is 1.95. The van der Waals surface area contributed by atoms with Gasteiger partial charge in [0.05, 0.1) is 11.3 Å². The third-order valence-corrected chi connectivity index (χ3v) is 2.71. The van der Waals surface area contributed by atoms with E-state index in [0.717, 1.165) is 18.9 Å². The van der Waals surface area contributed by atoms with Crippen LogP contribution in [0.15, 0.2) is 12.3 Å². The van der Waals surface area contributed by atoms with Gasteiger partial charge in [0.1, 0.15) is 5.82 Å². The lowest BCUT2D eigenvalue weighted by Crippen LogP contribution is -2.08. The molecule has 1 aromatic rings. The molecule has 16 heavy (non-hydrogen) atoms. The Morgan fingerprint density at radius 2 is 2.38 bits per heavy atom. The van der Waals surface area contributed by atoms with Crippen LogP contribution < -0.4 is 11.1 Å². The van der Waals surface area contributed by atoms with Crippen molar-refractivity contribution in [1.82, 2.24) is 4.98 Å². The highest BCUT2D eigenvalue weighted by Gasteiger charge is 2.20. The normalized spacial score (nSPS) is 14.8. The smallest absolute Gasteiger partial charge is 0.337 e. The van der Waals surface area contributed by atoms with Crippen LogP contribution >= 0.6 is 0 Å². The molecule has 86 valence electrons. The van der Waals surface area contributed by atoms with Crippen molar-refractivity contribution in [3.05, 3.63) is 17.8 Å². The molecule has 0 aromatic carbocycles. The van der Waals surface area contributed by atoms with E-state index in [0.29, 0.717) is 11.5 Å². The molecule has 0 spiro atoms. The first-order chi connectivity index (χ1) is 7.66. The van der Waals surface area contributed by atoms with Crippen molar-refractivity contribution in [2.45, 2.75) is 19.3 Å². The third-order valence-electron chi connectivity index (χ3n) is 2.71. The molecule has 5 heteroatoms. The summed E-state index contributed by atoms with van der Waals surface area (Å²) in [6.45, 7) is 0.842. The predicted octanol–water partition coefficient (Wildman–Crippen LogP) is 1.57. The number of aromatic nitrogens is 1. The van der Waals surface area contributed by atoms with Gasteiger partial charge in [0, 0.05) is 12.7 Å². The maximum Gasteiger partial charge on any atom is 0.337 e. The summed E-state index contributed by atoms with van der Waals surface area (Å²) in [5, 5.41) is 11.9. The molecular formula is C11H15N3O2. The lowest BCUT2D eigenvalue weighted by molar-refractivity contribution is 0.0696. The molecule has 4 N–H and O–H groups in total. The highest BCUT2D eigenvalue weighted by Crippen LogP contribution is 2.32. The first-order valence-corrected chi connectivity index (χ1v) is 5.39. The van der Waals surface area contributed by atoms with Crippen molar-refractivity contribution >= 4 is 17.5 Å². The maximum atomic E-state index is 10.7. The Morgan fingerprint density at radius 1 is 1.62 bits per heavy atom. The Hall–Kier alpha value is -1.78. The van der Waals surface area contributed by atoms with Crippen molar-refractivity contribution in [3.8, 4) is 0 Å². The van der Waals surface area contributed by atoms with Gasteiger partial charge in [-0.15, -0.1) is 0 Å². The van der Waals surface area contributed by atoms with Gasteiger partial charge in [0.15, 0.2) is 0 Å². The van der Waals surface area contributed by atoms with Crippen LogP contribution in [0.1, 0.15) is 29.6 Å². The summed E-state index contributed by atoms with van der Waals surface area (Å²) < 4.78 is 0. The molecular weight excluding hydrogens is 206 g/mol. The lowest BCUT2D eigenvalue weighted by atomic mass is 10.2. The molecule has 0 atom stereocenters. The second-order valence-electron chi connectivity index (χ2n) is 4.13. The summed E-state index contributed by atoms with van der Waals surface area (Å²) in [6.07, 6.45) is 5.09. The summed E-state index contributed by atoms with van der Waals surface area (Å²) in [5.74, 6) is 0.418. The van der Waals surface area contributed by atoms with Crippen LogP contribution in [-0.4, -0.2) is 22.6 Å². The fourth-order valence-corrected chi connectivity index (χ4v) is 1.55. The van der Waals surface area contributed by atoms with Gasteiger partial charge in [-0.2, -0.15) is 0 Å². The average Bonchev–Trinajstić information content (AvgIpc) is 3.04. The number of nitrogens with zero attached hydrogens (tertiary/aromatic N) is 1. The number of nitrogens with two attached hydrogens (primary N) is 1. The minimum Gasteiger partial charge on any atom is -0.478 e. The number of carboxylic acids is 1. The summed E-state index contributed by atoms with van der Waals surface area (Å²) in [5.41, 5.74) is 6.20. The summed E-state index contributed by atoms with van der Waals surface area (Å²) in [4.78, 5) is 14.7. The third kappa shape index (κ3) is 2.62. The minimum atomic E-state index is -1.01. The largest absolute Gasteiger partial charge is 0.478 e. The Morgan fingerprint density at radius 3 is 2.94 bits per heavy atom. The van der Waals surface area contributed by atoms with E-state index in [1.165, 1.54) is 25.1 Å².